The number of rotatable bonds is 2. The molecule has 0 spiro atoms. The molecule has 0 aromatic carbocycles. The van der Waals surface area contributed by atoms with Crippen LogP contribution in [0.5, 0.6) is 0 Å². The number of anilines is 1. The molecule has 5 heteroatoms. The minimum Gasteiger partial charge on any atom is -0.383 e. The number of hydrogen-bond acceptors (Lipinski definition) is 4. The van der Waals surface area contributed by atoms with E-state index in [2.05, 4.69) is 25.4 Å². The van der Waals surface area contributed by atoms with Crippen LogP contribution in [0.25, 0.3) is 11.0 Å². The second kappa shape index (κ2) is 4.74. The maximum Gasteiger partial charge on any atom is 0.147 e. The third kappa shape index (κ3) is 2.07. The van der Waals surface area contributed by atoms with Crippen molar-refractivity contribution in [1.29, 1.82) is 0 Å². The van der Waals surface area contributed by atoms with Crippen molar-refractivity contribution in [3.8, 4) is 12.3 Å². The monoisotopic (exact) mass is 281 g/mol. The Morgan fingerprint density at radius 2 is 1.90 bits per heavy atom. The fourth-order valence-electron chi connectivity index (χ4n) is 3.46. The van der Waals surface area contributed by atoms with Gasteiger partial charge in [0.25, 0.3) is 0 Å². The van der Waals surface area contributed by atoms with Gasteiger partial charge in [0.1, 0.15) is 17.8 Å². The van der Waals surface area contributed by atoms with Crippen molar-refractivity contribution in [2.24, 2.45) is 0 Å². The van der Waals surface area contributed by atoms with E-state index >= 15 is 0 Å². The molecule has 0 bridgehead atoms. The Hall–Kier alpha value is -2.06. The molecule has 2 aromatic heterocycles. The van der Waals surface area contributed by atoms with Crippen LogP contribution in [0.15, 0.2) is 12.5 Å². The standard InChI is InChI=1S/C16H19N5/c1-2-11-9-21(16-14(11)15(17)18-10-19-16)13-5-7-20(8-6-13)12-3-4-12/h1,9-10,12-13H,3-8H2,(H2,17,18,19). The maximum atomic E-state index is 5.98. The van der Waals surface area contributed by atoms with Gasteiger partial charge in [0.05, 0.1) is 10.9 Å². The lowest BCUT2D eigenvalue weighted by Gasteiger charge is -2.32. The Morgan fingerprint density at radius 1 is 1.14 bits per heavy atom. The summed E-state index contributed by atoms with van der Waals surface area (Å²) in [6, 6.07) is 1.31. The van der Waals surface area contributed by atoms with Crippen LogP contribution in [0.1, 0.15) is 37.3 Å². The van der Waals surface area contributed by atoms with Crippen molar-refractivity contribution in [2.45, 2.75) is 37.8 Å². The molecule has 0 unspecified atom stereocenters. The molecule has 5 nitrogen and oxygen atoms in total. The first-order chi connectivity index (χ1) is 10.3. The van der Waals surface area contributed by atoms with Gasteiger partial charge in [0, 0.05) is 31.4 Å². The molecule has 0 atom stereocenters. The van der Waals surface area contributed by atoms with Gasteiger partial charge in [0.2, 0.25) is 0 Å². The molecule has 2 aromatic rings. The lowest BCUT2D eigenvalue weighted by atomic mass is 10.0. The van der Waals surface area contributed by atoms with E-state index in [1.807, 2.05) is 6.20 Å². The highest BCUT2D eigenvalue weighted by molar-refractivity contribution is 5.92. The van der Waals surface area contributed by atoms with Gasteiger partial charge in [-0.3, -0.25) is 0 Å². The van der Waals surface area contributed by atoms with E-state index in [4.69, 9.17) is 12.2 Å². The van der Waals surface area contributed by atoms with Gasteiger partial charge in [-0.15, -0.1) is 6.42 Å². The number of terminal acetylenes is 1. The molecule has 2 aliphatic rings. The van der Waals surface area contributed by atoms with Crippen LogP contribution in [-0.2, 0) is 0 Å². The SMILES string of the molecule is C#Cc1cn(C2CCN(C3CC3)CC2)c2ncnc(N)c12. The normalized spacial score (nSPS) is 20.7. The van der Waals surface area contributed by atoms with Crippen LogP contribution >= 0.6 is 0 Å². The molecule has 1 saturated carbocycles. The minimum atomic E-state index is 0.457. The lowest BCUT2D eigenvalue weighted by Crippen LogP contribution is -2.36. The number of fused-ring (bicyclic) bond motifs is 1. The average molecular weight is 281 g/mol. The Balaban J connectivity index is 1.68. The third-order valence-corrected chi connectivity index (χ3v) is 4.75. The molecule has 0 amide bonds. The van der Waals surface area contributed by atoms with Crippen LogP contribution in [0.4, 0.5) is 5.82 Å². The summed E-state index contributed by atoms with van der Waals surface area (Å²) in [6.45, 7) is 2.34. The van der Waals surface area contributed by atoms with Crippen molar-refractivity contribution >= 4 is 16.9 Å². The van der Waals surface area contributed by atoms with Crippen LogP contribution in [-0.4, -0.2) is 38.6 Å². The van der Waals surface area contributed by atoms with Gasteiger partial charge in [0.15, 0.2) is 0 Å². The van der Waals surface area contributed by atoms with E-state index in [0.29, 0.717) is 11.9 Å². The zero-order valence-electron chi connectivity index (χ0n) is 12.0. The quantitative estimate of drug-likeness (QED) is 0.853. The van der Waals surface area contributed by atoms with Crippen LogP contribution in [0, 0.1) is 12.3 Å². The molecule has 2 fully saturated rings. The van der Waals surface area contributed by atoms with Crippen LogP contribution < -0.4 is 5.73 Å². The molecule has 2 N–H and O–H groups in total. The van der Waals surface area contributed by atoms with Crippen molar-refractivity contribution in [1.82, 2.24) is 19.4 Å². The fourth-order valence-corrected chi connectivity index (χ4v) is 3.46. The summed E-state index contributed by atoms with van der Waals surface area (Å²) in [5, 5.41) is 0.824. The summed E-state index contributed by atoms with van der Waals surface area (Å²) in [5.74, 6) is 3.19. The first kappa shape index (κ1) is 12.7. The molecule has 21 heavy (non-hydrogen) atoms. The molecular formula is C16H19N5. The lowest BCUT2D eigenvalue weighted by molar-refractivity contribution is 0.180. The summed E-state index contributed by atoms with van der Waals surface area (Å²) in [4.78, 5) is 11.1. The van der Waals surface area contributed by atoms with Crippen LogP contribution in [0.2, 0.25) is 0 Å². The number of nitrogens with zero attached hydrogens (tertiary/aromatic N) is 4. The van der Waals surface area contributed by atoms with E-state index in [1.165, 1.54) is 32.3 Å². The minimum absolute atomic E-state index is 0.457. The summed E-state index contributed by atoms with van der Waals surface area (Å²) in [5.41, 5.74) is 7.65. The first-order valence-electron chi connectivity index (χ1n) is 7.59. The third-order valence-electron chi connectivity index (χ3n) is 4.75. The van der Waals surface area contributed by atoms with Crippen molar-refractivity contribution in [2.75, 3.05) is 18.8 Å². The molecule has 3 heterocycles. The Labute approximate surface area is 124 Å². The van der Waals surface area contributed by atoms with E-state index in [1.54, 1.807) is 0 Å². The number of hydrogen-bond donors (Lipinski definition) is 1. The maximum absolute atomic E-state index is 5.98. The molecule has 0 radical (unpaired) electrons. The number of nitrogen functional groups attached to an aromatic ring is 1. The molecular weight excluding hydrogens is 262 g/mol. The van der Waals surface area contributed by atoms with E-state index in [0.717, 1.165) is 35.5 Å². The van der Waals surface area contributed by atoms with Crippen LogP contribution in [0.3, 0.4) is 0 Å². The van der Waals surface area contributed by atoms with Crippen molar-refractivity contribution < 1.29 is 0 Å². The van der Waals surface area contributed by atoms with Gasteiger partial charge >= 0.3 is 0 Å². The largest absolute Gasteiger partial charge is 0.383 e. The van der Waals surface area contributed by atoms with E-state index in [9.17, 15) is 0 Å². The zero-order valence-corrected chi connectivity index (χ0v) is 12.0. The number of likely N-dealkylation sites (tertiary alicyclic amines) is 1. The Kier molecular flexibility index (Phi) is 2.86. The van der Waals surface area contributed by atoms with Gasteiger partial charge < -0.3 is 15.2 Å². The summed E-state index contributed by atoms with van der Waals surface area (Å²) in [6.07, 6.45) is 14.2. The number of nitrogens with two attached hydrogens (primary N) is 1. The van der Waals surface area contributed by atoms with Gasteiger partial charge in [-0.2, -0.15) is 0 Å². The molecule has 4 rings (SSSR count). The molecule has 1 aliphatic carbocycles. The molecule has 108 valence electrons. The molecule has 1 saturated heterocycles. The predicted molar refractivity (Wildman–Crippen MR) is 82.7 cm³/mol. The highest BCUT2D eigenvalue weighted by Crippen LogP contribution is 2.34. The highest BCUT2D eigenvalue weighted by atomic mass is 15.2. The highest BCUT2D eigenvalue weighted by Gasteiger charge is 2.32. The summed E-state index contributed by atoms with van der Waals surface area (Å²) in [7, 11) is 0. The zero-order chi connectivity index (χ0) is 14.4. The van der Waals surface area contributed by atoms with Gasteiger partial charge in [-0.1, -0.05) is 5.92 Å². The van der Waals surface area contributed by atoms with Gasteiger partial charge in [-0.25, -0.2) is 9.97 Å². The van der Waals surface area contributed by atoms with E-state index in [-0.39, 0.29) is 0 Å². The van der Waals surface area contributed by atoms with E-state index < -0.39 is 0 Å². The second-order valence-corrected chi connectivity index (χ2v) is 6.05. The Bertz CT molecular complexity index is 714. The smallest absolute Gasteiger partial charge is 0.147 e. The number of piperidine rings is 1. The number of aromatic nitrogens is 3. The fraction of sp³-hybridized carbons (Fsp3) is 0.500. The van der Waals surface area contributed by atoms with Crippen molar-refractivity contribution in [3.63, 3.8) is 0 Å². The molecule has 1 aliphatic heterocycles. The second-order valence-electron chi connectivity index (χ2n) is 6.05. The first-order valence-corrected chi connectivity index (χ1v) is 7.59. The Morgan fingerprint density at radius 3 is 2.57 bits per heavy atom. The van der Waals surface area contributed by atoms with Gasteiger partial charge in [-0.05, 0) is 25.7 Å². The topological polar surface area (TPSA) is 60.0 Å². The average Bonchev–Trinajstić information content (AvgIpc) is 3.29. The predicted octanol–water partition coefficient (Wildman–Crippen LogP) is 1.79. The van der Waals surface area contributed by atoms with Crippen molar-refractivity contribution in [3.05, 3.63) is 18.1 Å². The summed E-state index contributed by atoms with van der Waals surface area (Å²) < 4.78 is 2.22. The summed E-state index contributed by atoms with van der Waals surface area (Å²) >= 11 is 0.